The van der Waals surface area contributed by atoms with Crippen molar-refractivity contribution in [3.05, 3.63) is 34.1 Å². The van der Waals surface area contributed by atoms with Crippen molar-refractivity contribution in [3.63, 3.8) is 0 Å². The van der Waals surface area contributed by atoms with E-state index < -0.39 is 0 Å². The van der Waals surface area contributed by atoms with Gasteiger partial charge in [-0.3, -0.25) is 14.1 Å². The molecule has 0 fully saturated rings. The molecule has 0 bridgehead atoms. The number of hydrogen-bond donors (Lipinski definition) is 0. The van der Waals surface area contributed by atoms with Gasteiger partial charge in [0.25, 0.3) is 0 Å². The van der Waals surface area contributed by atoms with Gasteiger partial charge >= 0.3 is 0 Å². The summed E-state index contributed by atoms with van der Waals surface area (Å²) in [7, 11) is 0. The maximum absolute atomic E-state index is 12.3. The standard InChI is InChI=1S/C7H6BrF.3FH/c1-5-4-6(9)2-3-7(5)8;;;/h2-4H,1H3;3*1H. The van der Waals surface area contributed by atoms with Crippen LogP contribution in [-0.4, -0.2) is 0 Å². The van der Waals surface area contributed by atoms with E-state index in [1.165, 1.54) is 12.1 Å². The Morgan fingerprint density at radius 3 is 2.00 bits per heavy atom. The fraction of sp³-hybridized carbons (Fsp3) is 0.143. The van der Waals surface area contributed by atoms with Crippen molar-refractivity contribution in [1.82, 2.24) is 0 Å². The minimum absolute atomic E-state index is 0. The van der Waals surface area contributed by atoms with Crippen LogP contribution in [0.2, 0.25) is 0 Å². The van der Waals surface area contributed by atoms with Crippen LogP contribution in [0.3, 0.4) is 0 Å². The Bertz CT molecular complexity index is 227. The molecule has 5 heteroatoms. The van der Waals surface area contributed by atoms with Gasteiger partial charge in [-0.25, -0.2) is 4.39 Å². The van der Waals surface area contributed by atoms with E-state index in [4.69, 9.17) is 0 Å². The number of halogens is 5. The topological polar surface area (TPSA) is 0 Å². The quantitative estimate of drug-likeness (QED) is 0.618. The first-order valence-electron chi connectivity index (χ1n) is 2.62. The summed E-state index contributed by atoms with van der Waals surface area (Å²) in [5, 5.41) is 0. The van der Waals surface area contributed by atoms with Gasteiger partial charge < -0.3 is 0 Å². The minimum Gasteiger partial charge on any atom is -0.269 e. The average molecular weight is 249 g/mol. The molecule has 12 heavy (non-hydrogen) atoms. The molecule has 1 aromatic carbocycles. The van der Waals surface area contributed by atoms with E-state index in [2.05, 4.69) is 15.9 Å². The molecule has 1 aromatic rings. The van der Waals surface area contributed by atoms with Crippen molar-refractivity contribution in [2.75, 3.05) is 0 Å². The third-order valence-corrected chi connectivity index (χ3v) is 2.01. The van der Waals surface area contributed by atoms with Crippen molar-refractivity contribution < 1.29 is 18.5 Å². The molecule has 0 saturated carbocycles. The first-order valence-corrected chi connectivity index (χ1v) is 3.41. The lowest BCUT2D eigenvalue weighted by Crippen LogP contribution is -1.76. The largest absolute Gasteiger partial charge is 0.269 e. The van der Waals surface area contributed by atoms with Gasteiger partial charge in [0.15, 0.2) is 0 Å². The van der Waals surface area contributed by atoms with Crippen molar-refractivity contribution in [2.24, 2.45) is 0 Å². The van der Waals surface area contributed by atoms with Crippen LogP contribution in [0.1, 0.15) is 5.56 Å². The lowest BCUT2D eigenvalue weighted by Gasteiger charge is -1.94. The van der Waals surface area contributed by atoms with Gasteiger partial charge in [0.1, 0.15) is 5.82 Å². The van der Waals surface area contributed by atoms with E-state index in [1.54, 1.807) is 6.07 Å². The summed E-state index contributed by atoms with van der Waals surface area (Å²) in [6.07, 6.45) is 0. The number of aryl methyl sites for hydroxylation is 1. The highest BCUT2D eigenvalue weighted by atomic mass is 79.9. The highest BCUT2D eigenvalue weighted by Crippen LogP contribution is 2.15. The maximum Gasteiger partial charge on any atom is 0.123 e. The molecule has 0 radical (unpaired) electrons. The average Bonchev–Trinajstić information content (AvgIpc) is 1.80. The van der Waals surface area contributed by atoms with Crippen LogP contribution in [0.4, 0.5) is 18.5 Å². The van der Waals surface area contributed by atoms with E-state index >= 15 is 0 Å². The van der Waals surface area contributed by atoms with Crippen LogP contribution in [0, 0.1) is 12.7 Å². The second-order valence-electron chi connectivity index (χ2n) is 1.89. The van der Waals surface area contributed by atoms with Gasteiger partial charge in [-0.15, -0.1) is 0 Å². The van der Waals surface area contributed by atoms with Gasteiger partial charge in [0, 0.05) is 4.47 Å². The molecular weight excluding hydrogens is 240 g/mol. The van der Waals surface area contributed by atoms with Gasteiger partial charge in [-0.05, 0) is 30.7 Å². The Hall–Kier alpha value is -0.580. The van der Waals surface area contributed by atoms with Crippen LogP contribution in [0.25, 0.3) is 0 Å². The van der Waals surface area contributed by atoms with Gasteiger partial charge in [0.05, 0.1) is 0 Å². The predicted molar refractivity (Wildman–Crippen MR) is 46.3 cm³/mol. The minimum atomic E-state index is -0.185. The smallest absolute Gasteiger partial charge is 0.123 e. The molecule has 0 spiro atoms. The van der Waals surface area contributed by atoms with E-state index in [0.717, 1.165) is 10.0 Å². The Labute approximate surface area is 76.0 Å². The zero-order valence-corrected chi connectivity index (χ0v) is 7.80. The molecule has 0 atom stereocenters. The second kappa shape index (κ2) is 7.09. The second-order valence-corrected chi connectivity index (χ2v) is 2.75. The zero-order valence-electron chi connectivity index (χ0n) is 6.21. The predicted octanol–water partition coefficient (Wildman–Crippen LogP) is 3.35. The molecule has 0 nitrogen and oxygen atoms in total. The van der Waals surface area contributed by atoms with E-state index in [1.807, 2.05) is 6.92 Å². The molecular formula is C7H9BrF4. The fourth-order valence-corrected chi connectivity index (χ4v) is 0.855. The third kappa shape index (κ3) is 4.33. The lowest BCUT2D eigenvalue weighted by atomic mass is 10.2. The monoisotopic (exact) mass is 248 g/mol. The summed E-state index contributed by atoms with van der Waals surface area (Å²) < 4.78 is 13.3. The van der Waals surface area contributed by atoms with Crippen LogP contribution in [0.15, 0.2) is 22.7 Å². The number of hydrogen-bond acceptors (Lipinski definition) is 0. The Morgan fingerprint density at radius 2 is 1.67 bits per heavy atom. The summed E-state index contributed by atoms with van der Waals surface area (Å²) in [5.41, 5.74) is 0.926. The van der Waals surface area contributed by atoms with E-state index in [9.17, 15) is 4.39 Å². The van der Waals surface area contributed by atoms with Gasteiger partial charge in [0.2, 0.25) is 0 Å². The maximum atomic E-state index is 12.3. The summed E-state index contributed by atoms with van der Waals surface area (Å²) in [6, 6.07) is 4.62. The Balaban J connectivity index is -0.000000270. The molecule has 0 saturated heterocycles. The summed E-state index contributed by atoms with van der Waals surface area (Å²) in [4.78, 5) is 0. The van der Waals surface area contributed by atoms with Crippen LogP contribution < -0.4 is 0 Å². The molecule has 0 N–H and O–H groups in total. The van der Waals surface area contributed by atoms with Crippen LogP contribution >= 0.6 is 15.9 Å². The van der Waals surface area contributed by atoms with E-state index in [0.29, 0.717) is 0 Å². The lowest BCUT2D eigenvalue weighted by molar-refractivity contribution is 0.626. The van der Waals surface area contributed by atoms with Gasteiger partial charge in [-0.1, -0.05) is 15.9 Å². The molecule has 0 aromatic heterocycles. The Morgan fingerprint density at radius 1 is 1.17 bits per heavy atom. The summed E-state index contributed by atoms with van der Waals surface area (Å²) in [5.74, 6) is -0.185. The first-order chi connectivity index (χ1) is 4.20. The SMILES string of the molecule is Cc1cc(F)ccc1Br.F.F.F. The normalized spacial score (nSPS) is 7.25. The highest BCUT2D eigenvalue weighted by Gasteiger charge is 1.93. The zero-order chi connectivity index (χ0) is 6.85. The first kappa shape index (κ1) is 17.5. The third-order valence-electron chi connectivity index (χ3n) is 1.12. The molecule has 72 valence electrons. The van der Waals surface area contributed by atoms with E-state index in [-0.39, 0.29) is 19.9 Å². The molecule has 0 heterocycles. The molecule has 0 amide bonds. The van der Waals surface area contributed by atoms with Crippen molar-refractivity contribution in [1.29, 1.82) is 0 Å². The molecule has 0 unspecified atom stereocenters. The molecule has 0 aliphatic rings. The van der Waals surface area contributed by atoms with Crippen LogP contribution in [-0.2, 0) is 0 Å². The number of rotatable bonds is 0. The summed E-state index contributed by atoms with van der Waals surface area (Å²) in [6.45, 7) is 1.85. The molecule has 1 rings (SSSR count). The van der Waals surface area contributed by atoms with Gasteiger partial charge in [-0.2, -0.15) is 0 Å². The highest BCUT2D eigenvalue weighted by molar-refractivity contribution is 9.10. The Kier molecular flexibility index (Phi) is 10.3. The van der Waals surface area contributed by atoms with Crippen LogP contribution in [0.5, 0.6) is 0 Å². The van der Waals surface area contributed by atoms with Crippen molar-refractivity contribution in [3.8, 4) is 0 Å². The summed E-state index contributed by atoms with van der Waals surface area (Å²) >= 11 is 3.26. The fourth-order valence-electron chi connectivity index (χ4n) is 0.608. The number of benzene rings is 1. The van der Waals surface area contributed by atoms with Crippen molar-refractivity contribution in [2.45, 2.75) is 6.92 Å². The molecule has 0 aliphatic heterocycles. The van der Waals surface area contributed by atoms with Crippen molar-refractivity contribution >= 4 is 15.9 Å². The molecule has 0 aliphatic carbocycles.